The normalized spacial score (nSPS) is 20.4. The zero-order chi connectivity index (χ0) is 17.0. The first-order valence-electron chi connectivity index (χ1n) is 7.20. The van der Waals surface area contributed by atoms with Crippen molar-refractivity contribution in [1.29, 1.82) is 0 Å². The molecule has 1 heterocycles. The molecule has 1 N–H and O–H groups in total. The van der Waals surface area contributed by atoms with Crippen LogP contribution < -0.4 is 9.47 Å². The van der Waals surface area contributed by atoms with Gasteiger partial charge in [-0.25, -0.2) is 0 Å². The van der Waals surface area contributed by atoms with E-state index in [0.717, 1.165) is 0 Å². The Hall–Kier alpha value is -2.28. The Morgan fingerprint density at radius 3 is 2.26 bits per heavy atom. The van der Waals surface area contributed by atoms with Crippen molar-refractivity contribution in [3.63, 3.8) is 0 Å². The zero-order valence-electron chi connectivity index (χ0n) is 13.5. The summed E-state index contributed by atoms with van der Waals surface area (Å²) in [4.78, 5) is 25.8. The summed E-state index contributed by atoms with van der Waals surface area (Å²) in [6, 6.07) is 4.90. The van der Waals surface area contributed by atoms with Crippen LogP contribution in [0.2, 0.25) is 0 Å². The Morgan fingerprint density at radius 1 is 1.17 bits per heavy atom. The van der Waals surface area contributed by atoms with Crippen LogP contribution in [0.25, 0.3) is 0 Å². The van der Waals surface area contributed by atoms with E-state index in [0.29, 0.717) is 30.0 Å². The molecule has 0 radical (unpaired) electrons. The monoisotopic (exact) mass is 323 g/mol. The van der Waals surface area contributed by atoms with Crippen molar-refractivity contribution in [3.05, 3.63) is 23.8 Å². The Balaban J connectivity index is 2.23. The summed E-state index contributed by atoms with van der Waals surface area (Å²) in [6.45, 7) is 0.566. The van der Waals surface area contributed by atoms with Gasteiger partial charge in [-0.1, -0.05) is 0 Å². The summed E-state index contributed by atoms with van der Waals surface area (Å²) in [5, 5.41) is 9.47. The van der Waals surface area contributed by atoms with Gasteiger partial charge >= 0.3 is 5.97 Å². The molecule has 1 aliphatic rings. The quantitative estimate of drug-likeness (QED) is 0.848. The molecule has 0 saturated carbocycles. The molecule has 1 aliphatic heterocycles. The average molecular weight is 323 g/mol. The molecule has 0 spiro atoms. The van der Waals surface area contributed by atoms with Gasteiger partial charge in [0.15, 0.2) is 0 Å². The third kappa shape index (κ3) is 3.39. The van der Waals surface area contributed by atoms with Gasteiger partial charge in [-0.15, -0.1) is 0 Å². The maximum Gasteiger partial charge on any atom is 0.313 e. The van der Waals surface area contributed by atoms with Gasteiger partial charge in [-0.2, -0.15) is 0 Å². The average Bonchev–Trinajstić information content (AvgIpc) is 2.99. The standard InChI is InChI=1S/C16H21NO6/c1-21-10-16(15(19)20)4-5-17(9-16)14(18)11-6-12(22-2)8-13(7-11)23-3/h6-8H,4-5,9-10H2,1-3H3,(H,19,20). The highest BCUT2D eigenvalue weighted by molar-refractivity contribution is 5.96. The highest BCUT2D eigenvalue weighted by Gasteiger charge is 2.46. The van der Waals surface area contributed by atoms with Crippen LogP contribution in [-0.4, -0.2) is 62.9 Å². The van der Waals surface area contributed by atoms with Gasteiger partial charge < -0.3 is 24.2 Å². The van der Waals surface area contributed by atoms with Crippen LogP contribution in [0.15, 0.2) is 18.2 Å². The van der Waals surface area contributed by atoms with Crippen LogP contribution in [0.3, 0.4) is 0 Å². The van der Waals surface area contributed by atoms with Crippen LogP contribution in [-0.2, 0) is 9.53 Å². The minimum absolute atomic E-state index is 0.0769. The summed E-state index contributed by atoms with van der Waals surface area (Å²) in [6.07, 6.45) is 0.364. The summed E-state index contributed by atoms with van der Waals surface area (Å²) in [7, 11) is 4.47. The van der Waals surface area contributed by atoms with E-state index >= 15 is 0 Å². The number of ether oxygens (including phenoxy) is 3. The van der Waals surface area contributed by atoms with E-state index in [4.69, 9.17) is 14.2 Å². The lowest BCUT2D eigenvalue weighted by Crippen LogP contribution is -2.40. The van der Waals surface area contributed by atoms with E-state index in [9.17, 15) is 14.7 Å². The van der Waals surface area contributed by atoms with Crippen molar-refractivity contribution >= 4 is 11.9 Å². The van der Waals surface area contributed by atoms with Crippen molar-refractivity contribution < 1.29 is 28.9 Å². The van der Waals surface area contributed by atoms with E-state index < -0.39 is 11.4 Å². The fourth-order valence-corrected chi connectivity index (χ4v) is 2.79. The predicted octanol–water partition coefficient (Wildman–Crippen LogP) is 1.27. The van der Waals surface area contributed by atoms with E-state index in [-0.39, 0.29) is 19.1 Å². The van der Waals surface area contributed by atoms with Gasteiger partial charge in [-0.3, -0.25) is 9.59 Å². The van der Waals surface area contributed by atoms with Crippen LogP contribution in [0.5, 0.6) is 11.5 Å². The lowest BCUT2D eigenvalue weighted by molar-refractivity contribution is -0.151. The Labute approximate surface area is 134 Å². The van der Waals surface area contributed by atoms with Crippen molar-refractivity contribution in [2.45, 2.75) is 6.42 Å². The number of hydrogen-bond donors (Lipinski definition) is 1. The second-order valence-corrected chi connectivity index (χ2v) is 5.60. The molecule has 1 atom stereocenters. The molecule has 1 unspecified atom stereocenters. The van der Waals surface area contributed by atoms with Crippen molar-refractivity contribution in [1.82, 2.24) is 4.90 Å². The molecule has 7 heteroatoms. The Morgan fingerprint density at radius 2 is 1.78 bits per heavy atom. The molecule has 23 heavy (non-hydrogen) atoms. The number of aliphatic carboxylic acids is 1. The number of nitrogens with zero attached hydrogens (tertiary/aromatic N) is 1. The highest BCUT2D eigenvalue weighted by atomic mass is 16.5. The van der Waals surface area contributed by atoms with E-state index in [2.05, 4.69) is 0 Å². The first-order chi connectivity index (χ1) is 11.0. The van der Waals surface area contributed by atoms with E-state index in [1.54, 1.807) is 18.2 Å². The maximum atomic E-state index is 12.7. The molecule has 126 valence electrons. The number of carboxylic acid groups (broad SMARTS) is 1. The van der Waals surface area contributed by atoms with Crippen LogP contribution in [0, 0.1) is 5.41 Å². The van der Waals surface area contributed by atoms with Crippen molar-refractivity contribution in [2.24, 2.45) is 5.41 Å². The smallest absolute Gasteiger partial charge is 0.313 e. The van der Waals surface area contributed by atoms with Gasteiger partial charge in [-0.05, 0) is 18.6 Å². The maximum absolute atomic E-state index is 12.7. The number of methoxy groups -OCH3 is 3. The molecule has 2 rings (SSSR count). The summed E-state index contributed by atoms with van der Waals surface area (Å²) >= 11 is 0. The second kappa shape index (κ2) is 6.87. The lowest BCUT2D eigenvalue weighted by Gasteiger charge is -2.24. The molecular formula is C16H21NO6. The van der Waals surface area contributed by atoms with E-state index in [1.807, 2.05) is 0 Å². The molecule has 1 saturated heterocycles. The van der Waals surface area contributed by atoms with Crippen molar-refractivity contribution in [2.75, 3.05) is 41.0 Å². The minimum Gasteiger partial charge on any atom is -0.497 e. The summed E-state index contributed by atoms with van der Waals surface area (Å²) < 4.78 is 15.4. The summed E-state index contributed by atoms with van der Waals surface area (Å²) in [5.41, 5.74) is -0.646. The fourth-order valence-electron chi connectivity index (χ4n) is 2.79. The number of benzene rings is 1. The van der Waals surface area contributed by atoms with Gasteiger partial charge in [0.1, 0.15) is 16.9 Å². The van der Waals surface area contributed by atoms with Crippen LogP contribution in [0.1, 0.15) is 16.8 Å². The molecular weight excluding hydrogens is 302 g/mol. The third-order valence-corrected chi connectivity index (χ3v) is 4.11. The number of hydrogen-bond acceptors (Lipinski definition) is 5. The van der Waals surface area contributed by atoms with Crippen LogP contribution in [0.4, 0.5) is 0 Å². The van der Waals surface area contributed by atoms with Gasteiger partial charge in [0.05, 0.1) is 20.8 Å². The number of likely N-dealkylation sites (tertiary alicyclic amines) is 1. The van der Waals surface area contributed by atoms with Gasteiger partial charge in [0, 0.05) is 31.8 Å². The SMILES string of the molecule is COCC1(C(=O)O)CCN(C(=O)c2cc(OC)cc(OC)c2)C1. The van der Waals surface area contributed by atoms with E-state index in [1.165, 1.54) is 26.2 Å². The van der Waals surface area contributed by atoms with Crippen LogP contribution >= 0.6 is 0 Å². The number of carbonyl (C=O) groups is 2. The summed E-state index contributed by atoms with van der Waals surface area (Å²) in [5.74, 6) is -0.180. The minimum atomic E-state index is -1.05. The van der Waals surface area contributed by atoms with Crippen molar-refractivity contribution in [3.8, 4) is 11.5 Å². The van der Waals surface area contributed by atoms with Gasteiger partial charge in [0.25, 0.3) is 5.91 Å². The lowest BCUT2D eigenvalue weighted by atomic mass is 9.88. The topological polar surface area (TPSA) is 85.3 Å². The third-order valence-electron chi connectivity index (χ3n) is 4.11. The molecule has 0 aromatic heterocycles. The predicted molar refractivity (Wildman–Crippen MR) is 82.0 cm³/mol. The molecule has 0 bridgehead atoms. The highest BCUT2D eigenvalue weighted by Crippen LogP contribution is 2.33. The molecule has 1 amide bonds. The number of carbonyl (C=O) groups excluding carboxylic acids is 1. The Bertz CT molecular complexity index is 580. The fraction of sp³-hybridized carbons (Fsp3) is 0.500. The molecule has 1 aromatic carbocycles. The first kappa shape index (κ1) is 17.1. The molecule has 1 fully saturated rings. The molecule has 7 nitrogen and oxygen atoms in total. The number of rotatable bonds is 6. The largest absolute Gasteiger partial charge is 0.497 e. The number of carboxylic acids is 1. The first-order valence-corrected chi connectivity index (χ1v) is 7.20. The zero-order valence-corrected chi connectivity index (χ0v) is 13.5. The number of amides is 1. The Kier molecular flexibility index (Phi) is 5.10. The van der Waals surface area contributed by atoms with Gasteiger partial charge in [0.2, 0.25) is 0 Å². The molecule has 1 aromatic rings. The second-order valence-electron chi connectivity index (χ2n) is 5.60. The molecule has 0 aliphatic carbocycles.